The molecule has 1 aliphatic heterocycles. The van der Waals surface area contributed by atoms with Crippen LogP contribution in [0.2, 0.25) is 0 Å². The molecule has 0 saturated carbocycles. The van der Waals surface area contributed by atoms with Crippen molar-refractivity contribution in [1.29, 1.82) is 0 Å². The van der Waals surface area contributed by atoms with Crippen LogP contribution < -0.4 is 10.1 Å². The van der Waals surface area contributed by atoms with Gasteiger partial charge in [-0.25, -0.2) is 0 Å². The SMILES string of the molecule is CCC(Oc1cc(C)cc(C)c1)C(=O)NC(C)(C)C#CCC1CCCO1. The van der Waals surface area contributed by atoms with Crippen LogP contribution in [0.25, 0.3) is 0 Å². The average Bonchev–Trinajstić information content (AvgIpc) is 3.04. The van der Waals surface area contributed by atoms with Crippen LogP contribution in [0.15, 0.2) is 18.2 Å². The van der Waals surface area contributed by atoms with E-state index in [2.05, 4.69) is 23.2 Å². The van der Waals surface area contributed by atoms with Crippen LogP contribution in [0.5, 0.6) is 5.75 Å². The number of amides is 1. The Bertz CT molecular complexity index is 658. The van der Waals surface area contributed by atoms with Gasteiger partial charge in [-0.15, -0.1) is 0 Å². The highest BCUT2D eigenvalue weighted by molar-refractivity contribution is 5.82. The van der Waals surface area contributed by atoms with Crippen LogP contribution in [0.1, 0.15) is 57.6 Å². The first-order chi connectivity index (χ1) is 12.3. The quantitative estimate of drug-likeness (QED) is 0.785. The largest absolute Gasteiger partial charge is 0.481 e. The first-order valence-electron chi connectivity index (χ1n) is 9.47. The molecule has 1 amide bonds. The fraction of sp³-hybridized carbons (Fsp3) is 0.591. The lowest BCUT2D eigenvalue weighted by Crippen LogP contribution is -2.48. The number of aryl methyl sites for hydroxylation is 2. The number of rotatable bonds is 6. The molecule has 1 aliphatic rings. The van der Waals surface area contributed by atoms with Gasteiger partial charge in [0.2, 0.25) is 0 Å². The number of carbonyl (C=O) groups is 1. The van der Waals surface area contributed by atoms with Gasteiger partial charge in [0, 0.05) is 13.0 Å². The minimum atomic E-state index is -0.602. The molecule has 0 radical (unpaired) electrons. The van der Waals surface area contributed by atoms with Crippen molar-refractivity contribution in [2.45, 2.75) is 78.0 Å². The van der Waals surface area contributed by atoms with Crippen molar-refractivity contribution >= 4 is 5.91 Å². The lowest BCUT2D eigenvalue weighted by Gasteiger charge is -2.24. The molecule has 0 aromatic heterocycles. The molecular formula is C22H31NO3. The second-order valence-corrected chi connectivity index (χ2v) is 7.59. The summed E-state index contributed by atoms with van der Waals surface area (Å²) in [5, 5.41) is 3.00. The van der Waals surface area contributed by atoms with Crippen molar-refractivity contribution in [3.05, 3.63) is 29.3 Å². The van der Waals surface area contributed by atoms with Gasteiger partial charge in [0.05, 0.1) is 11.6 Å². The predicted molar refractivity (Wildman–Crippen MR) is 104 cm³/mol. The summed E-state index contributed by atoms with van der Waals surface area (Å²) in [7, 11) is 0. The number of hydrogen-bond donors (Lipinski definition) is 1. The Balaban J connectivity index is 1.95. The van der Waals surface area contributed by atoms with E-state index in [4.69, 9.17) is 9.47 Å². The van der Waals surface area contributed by atoms with Crippen molar-refractivity contribution < 1.29 is 14.3 Å². The second kappa shape index (κ2) is 9.09. The van der Waals surface area contributed by atoms with E-state index < -0.39 is 11.6 Å². The molecule has 1 saturated heterocycles. The third kappa shape index (κ3) is 6.38. The number of nitrogens with one attached hydrogen (secondary N) is 1. The molecule has 26 heavy (non-hydrogen) atoms. The Labute approximate surface area is 157 Å². The van der Waals surface area contributed by atoms with Gasteiger partial charge in [0.25, 0.3) is 5.91 Å². The van der Waals surface area contributed by atoms with Gasteiger partial charge < -0.3 is 14.8 Å². The number of benzene rings is 1. The van der Waals surface area contributed by atoms with Crippen LogP contribution in [-0.4, -0.2) is 30.3 Å². The van der Waals surface area contributed by atoms with Crippen molar-refractivity contribution in [2.24, 2.45) is 0 Å². The summed E-state index contributed by atoms with van der Waals surface area (Å²) in [5.74, 6) is 6.92. The highest BCUT2D eigenvalue weighted by atomic mass is 16.5. The van der Waals surface area contributed by atoms with E-state index in [0.29, 0.717) is 6.42 Å². The van der Waals surface area contributed by atoms with Gasteiger partial charge in [-0.2, -0.15) is 0 Å². The molecule has 2 atom stereocenters. The fourth-order valence-corrected chi connectivity index (χ4v) is 3.10. The summed E-state index contributed by atoms with van der Waals surface area (Å²) in [5.41, 5.74) is 1.64. The van der Waals surface area contributed by atoms with E-state index >= 15 is 0 Å². The molecule has 2 rings (SSSR count). The number of ether oxygens (including phenoxy) is 2. The van der Waals surface area contributed by atoms with Gasteiger partial charge in [-0.1, -0.05) is 24.8 Å². The normalized spacial score (nSPS) is 18.0. The molecule has 4 nitrogen and oxygen atoms in total. The Kier molecular flexibility index (Phi) is 7.11. The van der Waals surface area contributed by atoms with E-state index in [1.165, 1.54) is 0 Å². The Morgan fingerprint density at radius 3 is 2.62 bits per heavy atom. The first kappa shape index (κ1) is 20.3. The van der Waals surface area contributed by atoms with E-state index in [1.54, 1.807) is 0 Å². The van der Waals surface area contributed by atoms with E-state index in [-0.39, 0.29) is 12.0 Å². The minimum Gasteiger partial charge on any atom is -0.481 e. The molecule has 1 heterocycles. The zero-order chi connectivity index (χ0) is 19.2. The van der Waals surface area contributed by atoms with Crippen LogP contribution in [-0.2, 0) is 9.53 Å². The number of hydrogen-bond acceptors (Lipinski definition) is 3. The van der Waals surface area contributed by atoms with E-state index in [0.717, 1.165) is 42.7 Å². The molecule has 0 spiro atoms. The average molecular weight is 357 g/mol. The lowest BCUT2D eigenvalue weighted by atomic mass is 10.0. The van der Waals surface area contributed by atoms with Crippen molar-refractivity contribution in [3.8, 4) is 17.6 Å². The third-order valence-corrected chi connectivity index (χ3v) is 4.33. The first-order valence-corrected chi connectivity index (χ1v) is 9.47. The summed E-state index contributed by atoms with van der Waals surface area (Å²) < 4.78 is 11.5. The molecule has 2 unspecified atom stereocenters. The summed E-state index contributed by atoms with van der Waals surface area (Å²) in [4.78, 5) is 12.7. The van der Waals surface area contributed by atoms with Crippen molar-refractivity contribution in [2.75, 3.05) is 6.61 Å². The molecule has 142 valence electrons. The molecule has 4 heteroatoms. The maximum Gasteiger partial charge on any atom is 0.262 e. The maximum atomic E-state index is 12.7. The number of carbonyl (C=O) groups excluding carboxylic acids is 1. The monoisotopic (exact) mass is 357 g/mol. The van der Waals surface area contributed by atoms with Crippen LogP contribution in [0, 0.1) is 25.7 Å². The van der Waals surface area contributed by atoms with Crippen LogP contribution in [0.4, 0.5) is 0 Å². The zero-order valence-electron chi connectivity index (χ0n) is 16.6. The highest BCUT2D eigenvalue weighted by Crippen LogP contribution is 2.19. The van der Waals surface area contributed by atoms with Gasteiger partial charge in [-0.05, 0) is 70.2 Å². The highest BCUT2D eigenvalue weighted by Gasteiger charge is 2.25. The van der Waals surface area contributed by atoms with E-state index in [9.17, 15) is 4.79 Å². The third-order valence-electron chi connectivity index (χ3n) is 4.33. The molecule has 1 aromatic carbocycles. The van der Waals surface area contributed by atoms with Gasteiger partial charge in [0.15, 0.2) is 6.10 Å². The molecule has 1 fully saturated rings. The maximum absolute atomic E-state index is 12.7. The standard InChI is InChI=1S/C22H31NO3/c1-6-20(26-19-14-16(2)13-17(3)15-19)21(24)23-22(4,5)11-7-9-18-10-8-12-25-18/h13-15,18,20H,6,8-10,12H2,1-5H3,(H,23,24). The Morgan fingerprint density at radius 2 is 2.04 bits per heavy atom. The molecule has 1 aromatic rings. The molecular weight excluding hydrogens is 326 g/mol. The zero-order valence-corrected chi connectivity index (χ0v) is 16.6. The smallest absolute Gasteiger partial charge is 0.262 e. The van der Waals surface area contributed by atoms with Crippen LogP contribution >= 0.6 is 0 Å². The Hall–Kier alpha value is -1.99. The molecule has 1 N–H and O–H groups in total. The summed E-state index contributed by atoms with van der Waals surface area (Å²) >= 11 is 0. The summed E-state index contributed by atoms with van der Waals surface area (Å²) in [6.45, 7) is 10.7. The van der Waals surface area contributed by atoms with Gasteiger partial charge in [-0.3, -0.25) is 4.79 Å². The van der Waals surface area contributed by atoms with E-state index in [1.807, 2.05) is 46.8 Å². The van der Waals surface area contributed by atoms with Gasteiger partial charge >= 0.3 is 0 Å². The van der Waals surface area contributed by atoms with Crippen molar-refractivity contribution in [1.82, 2.24) is 5.32 Å². The van der Waals surface area contributed by atoms with Crippen LogP contribution in [0.3, 0.4) is 0 Å². The topological polar surface area (TPSA) is 47.6 Å². The molecule has 0 aliphatic carbocycles. The second-order valence-electron chi connectivity index (χ2n) is 7.59. The molecule has 0 bridgehead atoms. The van der Waals surface area contributed by atoms with Crippen molar-refractivity contribution in [3.63, 3.8) is 0 Å². The minimum absolute atomic E-state index is 0.136. The lowest BCUT2D eigenvalue weighted by molar-refractivity contribution is -0.129. The van der Waals surface area contributed by atoms with Gasteiger partial charge in [0.1, 0.15) is 5.75 Å². The summed E-state index contributed by atoms with van der Waals surface area (Å²) in [6.07, 6.45) is 3.21. The Morgan fingerprint density at radius 1 is 1.35 bits per heavy atom. The summed E-state index contributed by atoms with van der Waals surface area (Å²) in [6, 6.07) is 5.99. The fourth-order valence-electron chi connectivity index (χ4n) is 3.10. The predicted octanol–water partition coefficient (Wildman–Crippen LogP) is 3.93.